The lowest BCUT2D eigenvalue weighted by molar-refractivity contribution is -0.149. The highest BCUT2D eigenvalue weighted by Crippen LogP contribution is 2.47. The molecule has 1 saturated carbocycles. The first-order valence-corrected chi connectivity index (χ1v) is 7.83. The van der Waals surface area contributed by atoms with Crippen molar-refractivity contribution in [2.24, 2.45) is 0 Å². The summed E-state index contributed by atoms with van der Waals surface area (Å²) in [5.74, 6) is -0.471. The zero-order valence-electron chi connectivity index (χ0n) is 11.7. The molecule has 1 fully saturated rings. The molecule has 3 nitrogen and oxygen atoms in total. The molecule has 0 amide bonds. The van der Waals surface area contributed by atoms with Crippen LogP contribution >= 0.6 is 23.2 Å². The summed E-state index contributed by atoms with van der Waals surface area (Å²) in [5, 5.41) is 11.5. The fraction of sp³-hybridized carbons (Fsp3) is 0.438. The smallest absolute Gasteiger partial charge is 0.343 e. The van der Waals surface area contributed by atoms with Crippen LogP contribution in [0.5, 0.6) is 0 Å². The van der Waals surface area contributed by atoms with Crippen molar-refractivity contribution in [3.05, 3.63) is 39.1 Å². The maximum absolute atomic E-state index is 12.3. The first kappa shape index (κ1) is 14.7. The molecule has 1 spiro atoms. The number of aliphatic hydroxyl groups excluding tert-OH is 1. The van der Waals surface area contributed by atoms with Gasteiger partial charge in [0.2, 0.25) is 0 Å². The van der Waals surface area contributed by atoms with E-state index in [0.29, 0.717) is 28.5 Å². The highest BCUT2D eigenvalue weighted by molar-refractivity contribution is 6.37. The van der Waals surface area contributed by atoms with Crippen molar-refractivity contribution in [2.75, 3.05) is 0 Å². The summed E-state index contributed by atoms with van der Waals surface area (Å²) >= 11 is 12.2. The van der Waals surface area contributed by atoms with Gasteiger partial charge in [0, 0.05) is 10.6 Å². The lowest BCUT2D eigenvalue weighted by Gasteiger charge is -2.31. The molecule has 1 aromatic carbocycles. The van der Waals surface area contributed by atoms with Gasteiger partial charge >= 0.3 is 5.97 Å². The van der Waals surface area contributed by atoms with Gasteiger partial charge in [-0.25, -0.2) is 4.79 Å². The molecule has 0 atom stereocenters. The number of hydrogen-bond donors (Lipinski definition) is 1. The highest BCUT2D eigenvalue weighted by atomic mass is 35.5. The minimum Gasteiger partial charge on any atom is -0.507 e. The number of carbonyl (C=O) groups is 1. The molecule has 0 radical (unpaired) electrons. The van der Waals surface area contributed by atoms with Gasteiger partial charge < -0.3 is 9.84 Å². The molecule has 112 valence electrons. The molecule has 0 saturated heterocycles. The number of ether oxygens (including phenoxy) is 1. The Kier molecular flexibility index (Phi) is 3.66. The normalized spacial score (nSPS) is 21.0. The molecule has 0 aromatic heterocycles. The summed E-state index contributed by atoms with van der Waals surface area (Å²) in [6, 6.07) is 3.30. The number of carbonyl (C=O) groups excluding carboxylic acids is 1. The van der Waals surface area contributed by atoms with E-state index < -0.39 is 11.6 Å². The molecule has 3 rings (SSSR count). The zero-order chi connectivity index (χ0) is 15.2. The van der Waals surface area contributed by atoms with Crippen LogP contribution < -0.4 is 0 Å². The van der Waals surface area contributed by atoms with Crippen molar-refractivity contribution in [2.45, 2.75) is 44.6 Å². The monoisotopic (exact) mass is 326 g/mol. The second-order valence-electron chi connectivity index (χ2n) is 5.75. The molecule has 21 heavy (non-hydrogen) atoms. The van der Waals surface area contributed by atoms with E-state index >= 15 is 0 Å². The Morgan fingerprint density at radius 2 is 1.86 bits per heavy atom. The predicted octanol–water partition coefficient (Wildman–Crippen LogP) is 4.83. The van der Waals surface area contributed by atoms with Crippen LogP contribution in [0.2, 0.25) is 10.0 Å². The summed E-state index contributed by atoms with van der Waals surface area (Å²) < 4.78 is 5.55. The van der Waals surface area contributed by atoms with Crippen LogP contribution in [0.3, 0.4) is 0 Å². The Labute approximate surface area is 133 Å². The van der Waals surface area contributed by atoms with Gasteiger partial charge in [-0.3, -0.25) is 0 Å². The van der Waals surface area contributed by atoms with Gasteiger partial charge in [-0.15, -0.1) is 0 Å². The van der Waals surface area contributed by atoms with Gasteiger partial charge in [-0.2, -0.15) is 0 Å². The third-order valence-corrected chi connectivity index (χ3v) is 4.84. The standard InChI is InChI=1S/C16H16Cl2O3/c1-9-7-10(17)8-11(18)12(9)13-14(19)16(21-15(13)20)5-3-2-4-6-16/h7-8,19H,2-6H2,1H3. The van der Waals surface area contributed by atoms with Crippen molar-refractivity contribution < 1.29 is 14.6 Å². The Bertz CT molecular complexity index is 620. The number of hydrogen-bond acceptors (Lipinski definition) is 3. The fourth-order valence-electron chi connectivity index (χ4n) is 3.30. The molecule has 0 unspecified atom stereocenters. The van der Waals surface area contributed by atoms with E-state index in [9.17, 15) is 9.90 Å². The molecular formula is C16H16Cl2O3. The Morgan fingerprint density at radius 3 is 2.48 bits per heavy atom. The quantitative estimate of drug-likeness (QED) is 0.752. The maximum Gasteiger partial charge on any atom is 0.343 e. The van der Waals surface area contributed by atoms with Crippen molar-refractivity contribution in [1.29, 1.82) is 0 Å². The van der Waals surface area contributed by atoms with Gasteiger partial charge in [0.05, 0.1) is 5.02 Å². The van der Waals surface area contributed by atoms with E-state index in [0.717, 1.165) is 24.8 Å². The molecule has 5 heteroatoms. The topological polar surface area (TPSA) is 46.5 Å². The van der Waals surface area contributed by atoms with Crippen LogP contribution in [0.1, 0.15) is 43.2 Å². The highest BCUT2D eigenvalue weighted by Gasteiger charge is 2.49. The Balaban J connectivity index is 2.15. The minimum atomic E-state index is -0.847. The molecule has 2 aliphatic rings. The summed E-state index contributed by atoms with van der Waals surface area (Å²) in [7, 11) is 0. The number of rotatable bonds is 1. The SMILES string of the molecule is Cc1cc(Cl)cc(Cl)c1C1=C(O)C2(CCCCC2)OC1=O. The van der Waals surface area contributed by atoms with Gasteiger partial charge in [0.25, 0.3) is 0 Å². The summed E-state index contributed by atoms with van der Waals surface area (Å²) in [6.07, 6.45) is 4.31. The Morgan fingerprint density at radius 1 is 1.19 bits per heavy atom. The van der Waals surface area contributed by atoms with Gasteiger partial charge in [-0.1, -0.05) is 29.6 Å². The molecule has 1 N–H and O–H groups in total. The molecule has 1 aliphatic heterocycles. The number of benzene rings is 1. The third kappa shape index (κ3) is 2.33. The van der Waals surface area contributed by atoms with Crippen LogP contribution in [-0.4, -0.2) is 16.7 Å². The van der Waals surface area contributed by atoms with Gasteiger partial charge in [0.1, 0.15) is 5.57 Å². The van der Waals surface area contributed by atoms with Crippen LogP contribution in [0, 0.1) is 6.92 Å². The van der Waals surface area contributed by atoms with Crippen LogP contribution in [0.15, 0.2) is 17.9 Å². The zero-order valence-corrected chi connectivity index (χ0v) is 13.2. The van der Waals surface area contributed by atoms with E-state index in [1.807, 2.05) is 6.92 Å². The summed E-state index contributed by atoms with van der Waals surface area (Å²) in [6.45, 7) is 1.81. The van der Waals surface area contributed by atoms with Crippen molar-refractivity contribution in [3.8, 4) is 0 Å². The molecule has 1 heterocycles. The molecular weight excluding hydrogens is 311 g/mol. The Hall–Kier alpha value is -1.19. The third-order valence-electron chi connectivity index (χ3n) is 4.32. The molecule has 0 bridgehead atoms. The average Bonchev–Trinajstić information content (AvgIpc) is 2.63. The molecule has 1 aromatic rings. The second-order valence-corrected chi connectivity index (χ2v) is 6.59. The van der Waals surface area contributed by atoms with Gasteiger partial charge in [-0.05, 0) is 50.3 Å². The largest absolute Gasteiger partial charge is 0.507 e. The fourth-order valence-corrected chi connectivity index (χ4v) is 3.99. The average molecular weight is 327 g/mol. The van der Waals surface area contributed by atoms with E-state index in [1.54, 1.807) is 12.1 Å². The lowest BCUT2D eigenvalue weighted by Crippen LogP contribution is -2.34. The van der Waals surface area contributed by atoms with E-state index in [2.05, 4.69) is 0 Å². The van der Waals surface area contributed by atoms with Crippen LogP contribution in [0.25, 0.3) is 5.57 Å². The van der Waals surface area contributed by atoms with E-state index in [1.165, 1.54) is 0 Å². The number of esters is 1. The number of aryl methyl sites for hydroxylation is 1. The lowest BCUT2D eigenvalue weighted by atomic mass is 9.82. The minimum absolute atomic E-state index is 0.0273. The van der Waals surface area contributed by atoms with Crippen LogP contribution in [0.4, 0.5) is 0 Å². The second kappa shape index (κ2) is 5.22. The van der Waals surface area contributed by atoms with Crippen molar-refractivity contribution in [1.82, 2.24) is 0 Å². The maximum atomic E-state index is 12.3. The number of halogens is 2. The van der Waals surface area contributed by atoms with Crippen molar-refractivity contribution >= 4 is 34.7 Å². The number of aliphatic hydroxyl groups is 1. The van der Waals surface area contributed by atoms with Gasteiger partial charge in [0.15, 0.2) is 11.4 Å². The van der Waals surface area contributed by atoms with E-state index in [-0.39, 0.29) is 11.3 Å². The van der Waals surface area contributed by atoms with Crippen LogP contribution in [-0.2, 0) is 9.53 Å². The first-order chi connectivity index (χ1) is 9.94. The first-order valence-electron chi connectivity index (χ1n) is 7.08. The predicted molar refractivity (Wildman–Crippen MR) is 82.7 cm³/mol. The summed E-state index contributed by atoms with van der Waals surface area (Å²) in [5.41, 5.74) is 0.612. The molecule has 1 aliphatic carbocycles. The summed E-state index contributed by atoms with van der Waals surface area (Å²) in [4.78, 5) is 12.3. The van der Waals surface area contributed by atoms with E-state index in [4.69, 9.17) is 27.9 Å². The van der Waals surface area contributed by atoms with Crippen molar-refractivity contribution in [3.63, 3.8) is 0 Å².